The van der Waals surface area contributed by atoms with Gasteiger partial charge in [0.2, 0.25) is 0 Å². The number of nitrogens with zero attached hydrogens (tertiary/aromatic N) is 2. The predicted octanol–water partition coefficient (Wildman–Crippen LogP) is 2.72. The Morgan fingerprint density at radius 2 is 2.13 bits per heavy atom. The van der Waals surface area contributed by atoms with Gasteiger partial charge in [0, 0.05) is 11.3 Å². The SMILES string of the molecule is CCCNC(C)C(C)Sc1nnc(C)s1. The first kappa shape index (κ1) is 12.9. The number of hydrogen-bond donors (Lipinski definition) is 1. The maximum atomic E-state index is 4.12. The lowest BCUT2D eigenvalue weighted by Crippen LogP contribution is -2.34. The van der Waals surface area contributed by atoms with Crippen molar-refractivity contribution < 1.29 is 0 Å². The molecule has 0 aliphatic carbocycles. The van der Waals surface area contributed by atoms with Gasteiger partial charge in [-0.3, -0.25) is 0 Å². The quantitative estimate of drug-likeness (QED) is 0.782. The Hall–Kier alpha value is -0.130. The molecule has 5 heteroatoms. The molecular weight excluding hydrogens is 226 g/mol. The van der Waals surface area contributed by atoms with Crippen LogP contribution in [-0.4, -0.2) is 28.0 Å². The van der Waals surface area contributed by atoms with E-state index in [1.54, 1.807) is 23.1 Å². The Morgan fingerprint density at radius 1 is 1.40 bits per heavy atom. The van der Waals surface area contributed by atoms with Crippen LogP contribution >= 0.6 is 23.1 Å². The van der Waals surface area contributed by atoms with Crippen LogP contribution in [-0.2, 0) is 0 Å². The lowest BCUT2D eigenvalue weighted by Gasteiger charge is -2.19. The largest absolute Gasteiger partial charge is 0.313 e. The zero-order chi connectivity index (χ0) is 11.3. The van der Waals surface area contributed by atoms with Gasteiger partial charge in [-0.25, -0.2) is 0 Å². The first-order valence-corrected chi connectivity index (χ1v) is 7.03. The average Bonchev–Trinajstić information content (AvgIpc) is 2.60. The van der Waals surface area contributed by atoms with Crippen molar-refractivity contribution in [3.8, 4) is 0 Å². The van der Waals surface area contributed by atoms with Crippen LogP contribution in [0.25, 0.3) is 0 Å². The summed E-state index contributed by atoms with van der Waals surface area (Å²) in [7, 11) is 0. The third-order valence-corrected chi connectivity index (χ3v) is 4.45. The predicted molar refractivity (Wildman–Crippen MR) is 67.7 cm³/mol. The van der Waals surface area contributed by atoms with E-state index >= 15 is 0 Å². The van der Waals surface area contributed by atoms with Crippen molar-refractivity contribution >= 4 is 23.1 Å². The molecule has 0 saturated carbocycles. The molecule has 1 heterocycles. The molecule has 86 valence electrons. The molecule has 0 fully saturated rings. The van der Waals surface area contributed by atoms with Gasteiger partial charge in [0.15, 0.2) is 4.34 Å². The second kappa shape index (κ2) is 6.45. The number of aryl methyl sites for hydroxylation is 1. The van der Waals surface area contributed by atoms with Gasteiger partial charge in [-0.15, -0.1) is 10.2 Å². The van der Waals surface area contributed by atoms with Gasteiger partial charge >= 0.3 is 0 Å². The van der Waals surface area contributed by atoms with Crippen molar-refractivity contribution in [3.05, 3.63) is 5.01 Å². The molecule has 1 N–H and O–H groups in total. The van der Waals surface area contributed by atoms with Crippen LogP contribution in [0.2, 0.25) is 0 Å². The van der Waals surface area contributed by atoms with Gasteiger partial charge in [0.05, 0.1) is 0 Å². The Morgan fingerprint density at radius 3 is 2.67 bits per heavy atom. The Balaban J connectivity index is 2.37. The van der Waals surface area contributed by atoms with Crippen LogP contribution in [0.1, 0.15) is 32.2 Å². The van der Waals surface area contributed by atoms with Gasteiger partial charge in [-0.2, -0.15) is 0 Å². The summed E-state index contributed by atoms with van der Waals surface area (Å²) < 4.78 is 1.07. The highest BCUT2D eigenvalue weighted by molar-refractivity contribution is 8.01. The van der Waals surface area contributed by atoms with Gasteiger partial charge in [0.25, 0.3) is 0 Å². The molecule has 0 spiro atoms. The maximum Gasteiger partial charge on any atom is 0.174 e. The molecule has 1 rings (SSSR count). The second-order valence-corrected chi connectivity index (χ2v) is 6.46. The maximum absolute atomic E-state index is 4.12. The van der Waals surface area contributed by atoms with E-state index in [-0.39, 0.29) is 0 Å². The van der Waals surface area contributed by atoms with Crippen molar-refractivity contribution in [2.24, 2.45) is 0 Å². The van der Waals surface area contributed by atoms with Crippen molar-refractivity contribution in [2.45, 2.75) is 49.7 Å². The highest BCUT2D eigenvalue weighted by Crippen LogP contribution is 2.27. The van der Waals surface area contributed by atoms with Crippen LogP contribution in [0.3, 0.4) is 0 Å². The topological polar surface area (TPSA) is 37.8 Å². The zero-order valence-electron chi connectivity index (χ0n) is 9.78. The second-order valence-electron chi connectivity index (χ2n) is 3.65. The first-order valence-electron chi connectivity index (χ1n) is 5.33. The number of hydrogen-bond acceptors (Lipinski definition) is 5. The molecule has 0 aromatic carbocycles. The highest BCUT2D eigenvalue weighted by Gasteiger charge is 2.14. The molecule has 2 atom stereocenters. The number of nitrogens with one attached hydrogen (secondary N) is 1. The van der Waals surface area contributed by atoms with E-state index in [4.69, 9.17) is 0 Å². The Bertz CT molecular complexity index is 288. The van der Waals surface area contributed by atoms with Gasteiger partial charge in [-0.1, -0.05) is 36.9 Å². The van der Waals surface area contributed by atoms with Crippen molar-refractivity contribution in [1.82, 2.24) is 15.5 Å². The van der Waals surface area contributed by atoms with Crippen molar-refractivity contribution in [3.63, 3.8) is 0 Å². The smallest absolute Gasteiger partial charge is 0.174 e. The average molecular weight is 245 g/mol. The molecule has 0 bridgehead atoms. The zero-order valence-corrected chi connectivity index (χ0v) is 11.4. The molecule has 15 heavy (non-hydrogen) atoms. The van der Waals surface area contributed by atoms with Crippen LogP contribution < -0.4 is 5.32 Å². The van der Waals surface area contributed by atoms with Gasteiger partial charge in [-0.05, 0) is 26.8 Å². The number of rotatable bonds is 6. The number of aromatic nitrogens is 2. The van der Waals surface area contributed by atoms with Crippen LogP contribution in [0.5, 0.6) is 0 Å². The molecule has 0 radical (unpaired) electrons. The fraction of sp³-hybridized carbons (Fsp3) is 0.800. The minimum absolute atomic E-state index is 0.513. The molecule has 0 amide bonds. The third-order valence-electron chi connectivity index (χ3n) is 2.21. The standard InChI is InChI=1S/C10H19N3S2/c1-5-6-11-7(2)8(3)14-10-13-12-9(4)15-10/h7-8,11H,5-6H2,1-4H3. The van der Waals surface area contributed by atoms with E-state index in [1.807, 2.05) is 6.92 Å². The van der Waals surface area contributed by atoms with Crippen molar-refractivity contribution in [1.29, 1.82) is 0 Å². The van der Waals surface area contributed by atoms with Crippen LogP contribution in [0.4, 0.5) is 0 Å². The lowest BCUT2D eigenvalue weighted by molar-refractivity contribution is 0.542. The summed E-state index contributed by atoms with van der Waals surface area (Å²) >= 11 is 3.48. The molecule has 0 aliphatic heterocycles. The number of thioether (sulfide) groups is 1. The monoisotopic (exact) mass is 245 g/mol. The summed E-state index contributed by atoms with van der Waals surface area (Å²) in [6.45, 7) is 9.72. The Labute approximate surface area is 100 Å². The van der Waals surface area contributed by atoms with Crippen LogP contribution in [0, 0.1) is 6.92 Å². The molecule has 0 saturated heterocycles. The highest BCUT2D eigenvalue weighted by atomic mass is 32.2. The molecule has 3 nitrogen and oxygen atoms in total. The van der Waals surface area contributed by atoms with E-state index in [0.717, 1.165) is 15.9 Å². The molecule has 1 aromatic rings. The fourth-order valence-corrected chi connectivity index (χ4v) is 3.26. The summed E-state index contributed by atoms with van der Waals surface area (Å²) in [4.78, 5) is 0. The summed E-state index contributed by atoms with van der Waals surface area (Å²) in [6, 6.07) is 0.513. The van der Waals surface area contributed by atoms with Crippen LogP contribution in [0.15, 0.2) is 4.34 Å². The Kier molecular flexibility index (Phi) is 5.56. The molecular formula is C10H19N3S2. The molecule has 1 aromatic heterocycles. The summed E-state index contributed by atoms with van der Waals surface area (Å²) in [5, 5.41) is 13.2. The van der Waals surface area contributed by atoms with Crippen molar-refractivity contribution in [2.75, 3.05) is 6.54 Å². The third kappa shape index (κ3) is 4.49. The van der Waals surface area contributed by atoms with Gasteiger partial charge in [0.1, 0.15) is 5.01 Å². The van der Waals surface area contributed by atoms with Gasteiger partial charge < -0.3 is 5.32 Å². The van der Waals surface area contributed by atoms with E-state index < -0.39 is 0 Å². The first-order chi connectivity index (χ1) is 7.13. The summed E-state index contributed by atoms with van der Waals surface area (Å²) in [6.07, 6.45) is 1.18. The summed E-state index contributed by atoms with van der Waals surface area (Å²) in [5.41, 5.74) is 0. The van der Waals surface area contributed by atoms with E-state index in [9.17, 15) is 0 Å². The minimum Gasteiger partial charge on any atom is -0.313 e. The fourth-order valence-electron chi connectivity index (χ4n) is 1.13. The van der Waals surface area contributed by atoms with E-state index in [1.165, 1.54) is 6.42 Å². The minimum atomic E-state index is 0.513. The lowest BCUT2D eigenvalue weighted by atomic mass is 10.2. The normalized spacial score (nSPS) is 15.2. The summed E-state index contributed by atoms with van der Waals surface area (Å²) in [5.74, 6) is 0. The molecule has 0 aliphatic rings. The van der Waals surface area contributed by atoms with E-state index in [2.05, 4.69) is 36.3 Å². The van der Waals surface area contributed by atoms with E-state index in [0.29, 0.717) is 11.3 Å². The molecule has 2 unspecified atom stereocenters.